The maximum Gasteiger partial charge on any atom is 0.500 e. The molecule has 0 aliphatic carbocycles. The van der Waals surface area contributed by atoms with Gasteiger partial charge in [-0.05, 0) is 12.8 Å². The Morgan fingerprint density at radius 3 is 1.26 bits per heavy atom. The summed E-state index contributed by atoms with van der Waals surface area (Å²) in [4.78, 5) is 13.5. The average molecular weight is 402 g/mol. The summed E-state index contributed by atoms with van der Waals surface area (Å²) in [5.74, 6) is 0. The minimum Gasteiger partial charge on any atom is -0.377 e. The maximum absolute atomic E-state index is 9.93. The third kappa shape index (κ3) is 16.2. The fourth-order valence-electron chi connectivity index (χ4n) is 3.43. The van der Waals surface area contributed by atoms with Crippen molar-refractivity contribution >= 4 is 14.9 Å². The smallest absolute Gasteiger partial charge is 0.377 e. The Labute approximate surface area is 168 Å². The minimum atomic E-state index is -2.35. The number of nitrogens with zero attached hydrogens (tertiary/aromatic N) is 1. The lowest BCUT2D eigenvalue weighted by atomic mass is 10.0. The quantitative estimate of drug-likeness (QED) is 0.102. The fraction of sp³-hybridized carbons (Fsp3) is 0.952. The Kier molecular flexibility index (Phi) is 19.8. The van der Waals surface area contributed by atoms with Gasteiger partial charge in [-0.1, -0.05) is 83.5 Å². The van der Waals surface area contributed by atoms with Gasteiger partial charge in [0.15, 0.2) is 0 Å². The summed E-state index contributed by atoms with van der Waals surface area (Å²) in [5, 5.41) is 0. The van der Waals surface area contributed by atoms with Crippen LogP contribution in [0.5, 0.6) is 0 Å². The van der Waals surface area contributed by atoms with Crippen molar-refractivity contribution in [3.63, 3.8) is 0 Å². The van der Waals surface area contributed by atoms with Crippen LogP contribution in [0.1, 0.15) is 96.3 Å². The second-order valence-corrected chi connectivity index (χ2v) is 10.4. The van der Waals surface area contributed by atoms with Crippen LogP contribution in [0, 0.1) is 0 Å². The van der Waals surface area contributed by atoms with Gasteiger partial charge in [0.05, 0.1) is 6.54 Å². The van der Waals surface area contributed by atoms with E-state index < -0.39 is 8.80 Å². The van der Waals surface area contributed by atoms with Crippen LogP contribution in [0.15, 0.2) is 4.99 Å². The van der Waals surface area contributed by atoms with Crippen molar-refractivity contribution in [1.82, 2.24) is 0 Å². The van der Waals surface area contributed by atoms with Crippen LogP contribution in [-0.4, -0.2) is 42.8 Å². The second-order valence-electron chi connectivity index (χ2n) is 7.32. The van der Waals surface area contributed by atoms with Crippen molar-refractivity contribution in [2.45, 2.75) is 102 Å². The van der Waals surface area contributed by atoms with Gasteiger partial charge in [0.1, 0.15) is 0 Å². The number of aliphatic imine (C=N–C) groups is 1. The number of rotatable bonds is 21. The van der Waals surface area contributed by atoms with Gasteiger partial charge in [-0.15, -0.1) is 0 Å². The lowest BCUT2D eigenvalue weighted by molar-refractivity contribution is 0.122. The highest BCUT2D eigenvalue weighted by atomic mass is 28.4. The summed E-state index contributed by atoms with van der Waals surface area (Å²) in [5.41, 5.74) is 0. The molecule has 0 bridgehead atoms. The standard InChI is InChI=1S/C21H43NO4Si/c1-24-27(25-2,26-3)20-18-16-14-12-10-8-6-4-5-7-9-11-13-15-17-19-22-21-23/h4-20H2,1-3H3. The summed E-state index contributed by atoms with van der Waals surface area (Å²) in [6.07, 6.45) is 21.1. The number of hydrogen-bond donors (Lipinski definition) is 0. The van der Waals surface area contributed by atoms with E-state index in [9.17, 15) is 4.79 Å². The van der Waals surface area contributed by atoms with Gasteiger partial charge in [0.2, 0.25) is 6.08 Å². The Hall–Kier alpha value is -0.523. The Morgan fingerprint density at radius 2 is 0.926 bits per heavy atom. The molecule has 0 heterocycles. The SMILES string of the molecule is CO[Si](CCCCCCCCCCCCCCCCCN=C=O)(OC)OC. The van der Waals surface area contributed by atoms with E-state index in [1.54, 1.807) is 27.4 Å². The van der Waals surface area contributed by atoms with E-state index in [0.29, 0.717) is 6.54 Å². The summed E-state index contributed by atoms with van der Waals surface area (Å²) in [7, 11) is 2.72. The zero-order valence-electron chi connectivity index (χ0n) is 18.1. The van der Waals surface area contributed by atoms with Crippen LogP contribution in [-0.2, 0) is 18.1 Å². The Morgan fingerprint density at radius 1 is 0.593 bits per heavy atom. The first-order valence-corrected chi connectivity index (χ1v) is 12.9. The van der Waals surface area contributed by atoms with Crippen LogP contribution >= 0.6 is 0 Å². The van der Waals surface area contributed by atoms with Gasteiger partial charge < -0.3 is 13.3 Å². The van der Waals surface area contributed by atoms with E-state index in [4.69, 9.17) is 13.3 Å². The zero-order valence-corrected chi connectivity index (χ0v) is 19.1. The highest BCUT2D eigenvalue weighted by molar-refractivity contribution is 6.60. The molecule has 0 aromatic heterocycles. The van der Waals surface area contributed by atoms with Gasteiger partial charge in [-0.25, -0.2) is 9.79 Å². The van der Waals surface area contributed by atoms with Crippen LogP contribution in [0.2, 0.25) is 6.04 Å². The molecule has 0 aromatic carbocycles. The van der Waals surface area contributed by atoms with E-state index in [-0.39, 0.29) is 0 Å². The van der Waals surface area contributed by atoms with Gasteiger partial charge >= 0.3 is 8.80 Å². The van der Waals surface area contributed by atoms with E-state index >= 15 is 0 Å². The molecule has 160 valence electrons. The van der Waals surface area contributed by atoms with Crippen molar-refractivity contribution in [1.29, 1.82) is 0 Å². The molecule has 5 nitrogen and oxygen atoms in total. The van der Waals surface area contributed by atoms with Crippen molar-refractivity contribution in [3.05, 3.63) is 0 Å². The summed E-state index contributed by atoms with van der Waals surface area (Å²) < 4.78 is 16.3. The molecule has 6 heteroatoms. The molecule has 0 fully saturated rings. The summed E-state index contributed by atoms with van der Waals surface area (Å²) in [6, 6.07) is 0.920. The van der Waals surface area contributed by atoms with Crippen LogP contribution in [0.3, 0.4) is 0 Å². The molecule has 0 atom stereocenters. The normalized spacial score (nSPS) is 11.5. The first-order valence-electron chi connectivity index (χ1n) is 10.9. The highest BCUT2D eigenvalue weighted by Crippen LogP contribution is 2.18. The van der Waals surface area contributed by atoms with Crippen LogP contribution in [0.25, 0.3) is 0 Å². The molecule has 0 spiro atoms. The van der Waals surface area contributed by atoms with Gasteiger partial charge in [-0.2, -0.15) is 0 Å². The molecule has 0 aromatic rings. The monoisotopic (exact) mass is 401 g/mol. The number of unbranched alkanes of at least 4 members (excludes halogenated alkanes) is 14. The fourth-order valence-corrected chi connectivity index (χ4v) is 5.23. The summed E-state index contributed by atoms with van der Waals surface area (Å²) >= 11 is 0. The predicted octanol–water partition coefficient (Wildman–Crippen LogP) is 6.05. The van der Waals surface area contributed by atoms with E-state index in [2.05, 4.69) is 4.99 Å². The molecule has 27 heavy (non-hydrogen) atoms. The molecule has 0 radical (unpaired) electrons. The third-order valence-corrected chi connectivity index (χ3v) is 8.08. The molecule has 0 N–H and O–H groups in total. The average Bonchev–Trinajstić information content (AvgIpc) is 2.70. The highest BCUT2D eigenvalue weighted by Gasteiger charge is 2.36. The van der Waals surface area contributed by atoms with Crippen molar-refractivity contribution in [2.24, 2.45) is 4.99 Å². The molecule has 0 aliphatic heterocycles. The van der Waals surface area contributed by atoms with Crippen LogP contribution < -0.4 is 0 Å². The Balaban J connectivity index is 3.22. The molecular weight excluding hydrogens is 358 g/mol. The molecular formula is C21H43NO4Si. The maximum atomic E-state index is 9.93. The minimum absolute atomic E-state index is 0.652. The number of carbonyl (C=O) groups excluding carboxylic acids is 1. The molecule has 0 saturated carbocycles. The van der Waals surface area contributed by atoms with Crippen molar-refractivity contribution in [3.8, 4) is 0 Å². The molecule has 0 unspecified atom stereocenters. The topological polar surface area (TPSA) is 57.1 Å². The second kappa shape index (κ2) is 20.2. The van der Waals surface area contributed by atoms with Crippen molar-refractivity contribution < 1.29 is 18.1 Å². The Bertz CT molecular complexity index is 350. The number of hydrogen-bond acceptors (Lipinski definition) is 5. The van der Waals surface area contributed by atoms with Crippen molar-refractivity contribution in [2.75, 3.05) is 27.9 Å². The molecule has 0 amide bonds. The first-order chi connectivity index (χ1) is 13.2. The summed E-state index contributed by atoms with van der Waals surface area (Å²) in [6.45, 7) is 0.652. The molecule has 0 rings (SSSR count). The predicted molar refractivity (Wildman–Crippen MR) is 114 cm³/mol. The van der Waals surface area contributed by atoms with E-state index in [1.165, 1.54) is 83.5 Å². The van der Waals surface area contributed by atoms with Gasteiger partial charge in [0, 0.05) is 27.4 Å². The largest absolute Gasteiger partial charge is 0.500 e. The number of isocyanates is 1. The molecule has 0 saturated heterocycles. The lowest BCUT2D eigenvalue weighted by Gasteiger charge is -2.24. The van der Waals surface area contributed by atoms with Crippen LogP contribution in [0.4, 0.5) is 0 Å². The van der Waals surface area contributed by atoms with Gasteiger partial charge in [-0.3, -0.25) is 0 Å². The van der Waals surface area contributed by atoms with E-state index in [1.807, 2.05) is 0 Å². The van der Waals surface area contributed by atoms with Gasteiger partial charge in [0.25, 0.3) is 0 Å². The first kappa shape index (κ1) is 26.5. The molecule has 0 aliphatic rings. The zero-order chi connectivity index (χ0) is 20.1. The third-order valence-electron chi connectivity index (χ3n) is 5.25. The lowest BCUT2D eigenvalue weighted by Crippen LogP contribution is -2.42. The van der Waals surface area contributed by atoms with E-state index in [0.717, 1.165) is 18.9 Å².